The molecule has 1 aliphatic rings. The topological polar surface area (TPSA) is 71.6 Å². The first-order valence-electron chi connectivity index (χ1n) is 8.30. The molecule has 0 aromatic heterocycles. The Morgan fingerprint density at radius 2 is 2.29 bits per heavy atom. The summed E-state index contributed by atoms with van der Waals surface area (Å²) in [5.41, 5.74) is 0.422. The molecular weight excluding hydrogens is 348 g/mol. The summed E-state index contributed by atoms with van der Waals surface area (Å²) >= 11 is 11.3. The van der Waals surface area contributed by atoms with E-state index in [1.165, 1.54) is 44.0 Å². The van der Waals surface area contributed by atoms with E-state index in [0.717, 1.165) is 25.6 Å². The van der Waals surface area contributed by atoms with Crippen LogP contribution in [-0.2, 0) is 0 Å². The van der Waals surface area contributed by atoms with Crippen LogP contribution in [0.2, 0.25) is 5.02 Å². The number of hydrogen-bond donors (Lipinski definition) is 3. The van der Waals surface area contributed by atoms with Crippen molar-refractivity contribution in [3.05, 3.63) is 33.3 Å². The van der Waals surface area contributed by atoms with Gasteiger partial charge in [-0.3, -0.25) is 10.1 Å². The average molecular weight is 372 g/mol. The number of non-ortho nitro benzene ring substituents is 1. The fourth-order valence-electron chi connectivity index (χ4n) is 3.03. The quantitative estimate of drug-likeness (QED) is 0.310. The molecule has 1 aliphatic heterocycles. The fourth-order valence-corrected chi connectivity index (χ4v) is 3.41. The monoisotopic (exact) mass is 371 g/mol. The molecule has 24 heavy (non-hydrogen) atoms. The lowest BCUT2D eigenvalue weighted by Crippen LogP contribution is -3.16. The van der Waals surface area contributed by atoms with Crippen LogP contribution in [-0.4, -0.2) is 35.7 Å². The van der Waals surface area contributed by atoms with Gasteiger partial charge in [0.2, 0.25) is 0 Å². The van der Waals surface area contributed by atoms with E-state index in [1.807, 2.05) is 0 Å². The maximum atomic E-state index is 10.8. The summed E-state index contributed by atoms with van der Waals surface area (Å²) < 4.78 is 0. The third kappa shape index (κ3) is 5.58. The molecule has 1 aromatic rings. The van der Waals surface area contributed by atoms with Crippen molar-refractivity contribution in [3.63, 3.8) is 0 Å². The SMILES string of the molecule is C[C@H]1CCCC[NH+]1CCCNC(=S)Nc1cc([N+](=O)[O-])ccc1Cl. The zero-order chi connectivity index (χ0) is 17.5. The van der Waals surface area contributed by atoms with Crippen molar-refractivity contribution in [2.24, 2.45) is 0 Å². The van der Waals surface area contributed by atoms with Gasteiger partial charge >= 0.3 is 0 Å². The van der Waals surface area contributed by atoms with Gasteiger partial charge < -0.3 is 15.5 Å². The number of nitro groups is 1. The van der Waals surface area contributed by atoms with Gasteiger partial charge in [0.15, 0.2) is 5.11 Å². The molecule has 132 valence electrons. The zero-order valence-electron chi connectivity index (χ0n) is 13.8. The number of nitrogens with one attached hydrogen (secondary N) is 3. The van der Waals surface area contributed by atoms with Crippen molar-refractivity contribution in [2.45, 2.75) is 38.6 Å². The van der Waals surface area contributed by atoms with Gasteiger partial charge in [-0.2, -0.15) is 0 Å². The minimum absolute atomic E-state index is 0.0209. The Bertz CT molecular complexity index is 599. The highest BCUT2D eigenvalue weighted by Crippen LogP contribution is 2.26. The highest BCUT2D eigenvalue weighted by molar-refractivity contribution is 7.80. The summed E-state index contributed by atoms with van der Waals surface area (Å²) in [6.45, 7) is 5.48. The molecule has 1 heterocycles. The first-order chi connectivity index (χ1) is 11.5. The summed E-state index contributed by atoms with van der Waals surface area (Å²) in [5, 5.41) is 17.7. The molecule has 0 aliphatic carbocycles. The number of anilines is 1. The van der Waals surface area contributed by atoms with Crippen LogP contribution in [0.4, 0.5) is 11.4 Å². The van der Waals surface area contributed by atoms with E-state index in [-0.39, 0.29) is 5.69 Å². The van der Waals surface area contributed by atoms with Crippen molar-refractivity contribution in [2.75, 3.05) is 25.0 Å². The van der Waals surface area contributed by atoms with E-state index in [1.54, 1.807) is 4.90 Å². The Kier molecular flexibility index (Phi) is 7.20. The Balaban J connectivity index is 1.75. The molecule has 6 nitrogen and oxygen atoms in total. The number of likely N-dealkylation sites (tertiary alicyclic amines) is 1. The summed E-state index contributed by atoms with van der Waals surface area (Å²) in [6.07, 6.45) is 5.01. The van der Waals surface area contributed by atoms with Gasteiger partial charge in [0.25, 0.3) is 5.69 Å². The third-order valence-electron chi connectivity index (χ3n) is 4.45. The predicted molar refractivity (Wildman–Crippen MR) is 101 cm³/mol. The molecule has 0 saturated carbocycles. The van der Waals surface area contributed by atoms with Crippen LogP contribution >= 0.6 is 23.8 Å². The highest BCUT2D eigenvalue weighted by Gasteiger charge is 2.20. The number of halogens is 1. The van der Waals surface area contributed by atoms with E-state index in [9.17, 15) is 10.1 Å². The number of quaternary nitrogens is 1. The third-order valence-corrected chi connectivity index (χ3v) is 5.03. The Morgan fingerprint density at radius 3 is 3.00 bits per heavy atom. The van der Waals surface area contributed by atoms with E-state index in [2.05, 4.69) is 17.6 Å². The maximum Gasteiger partial charge on any atom is 0.271 e. The molecule has 0 amide bonds. The highest BCUT2D eigenvalue weighted by atomic mass is 35.5. The standard InChI is InChI=1S/C16H23ClN4O2S/c1-12-5-2-3-9-20(12)10-4-8-18-16(24)19-15-11-13(21(22)23)6-7-14(15)17/h6-7,11-12H,2-5,8-10H2,1H3,(H2,18,19,24)/p+1/t12-/m0/s1. The molecule has 3 N–H and O–H groups in total. The summed E-state index contributed by atoms with van der Waals surface area (Å²) in [7, 11) is 0. The predicted octanol–water partition coefficient (Wildman–Crippen LogP) is 2.38. The molecule has 2 rings (SSSR count). The first-order valence-corrected chi connectivity index (χ1v) is 9.09. The molecule has 1 saturated heterocycles. The van der Waals surface area contributed by atoms with Gasteiger partial charge in [-0.15, -0.1) is 0 Å². The number of benzene rings is 1. The molecule has 0 spiro atoms. The summed E-state index contributed by atoms with van der Waals surface area (Å²) in [4.78, 5) is 12.0. The molecule has 0 radical (unpaired) electrons. The molecular formula is C16H24ClN4O2S+. The van der Waals surface area contributed by atoms with Crippen molar-refractivity contribution in [1.82, 2.24) is 5.32 Å². The van der Waals surface area contributed by atoms with Crippen LogP contribution in [0, 0.1) is 10.1 Å². The number of thiocarbonyl (C=S) groups is 1. The number of nitrogens with zero attached hydrogens (tertiary/aromatic N) is 1. The number of hydrogen-bond acceptors (Lipinski definition) is 3. The molecule has 1 fully saturated rings. The van der Waals surface area contributed by atoms with Gasteiger partial charge in [-0.1, -0.05) is 11.6 Å². The lowest BCUT2D eigenvalue weighted by molar-refractivity contribution is -0.928. The zero-order valence-corrected chi connectivity index (χ0v) is 15.4. The van der Waals surface area contributed by atoms with E-state index in [0.29, 0.717) is 15.8 Å². The second kappa shape index (κ2) is 9.15. The smallest absolute Gasteiger partial charge is 0.271 e. The summed E-state index contributed by atoms with van der Waals surface area (Å²) in [5.74, 6) is 0. The first kappa shape index (κ1) is 18.9. The molecule has 1 unspecified atom stereocenters. The van der Waals surface area contributed by atoms with E-state index in [4.69, 9.17) is 23.8 Å². The second-order valence-corrected chi connectivity index (χ2v) is 7.03. The van der Waals surface area contributed by atoms with Gasteiger partial charge in [0.1, 0.15) is 0 Å². The van der Waals surface area contributed by atoms with Crippen LogP contribution in [0.5, 0.6) is 0 Å². The Labute approximate surface area is 152 Å². The minimum atomic E-state index is -0.458. The second-order valence-electron chi connectivity index (χ2n) is 6.21. The van der Waals surface area contributed by atoms with Crippen LogP contribution in [0.1, 0.15) is 32.6 Å². The van der Waals surface area contributed by atoms with Crippen molar-refractivity contribution in [1.29, 1.82) is 0 Å². The van der Waals surface area contributed by atoms with Gasteiger partial charge in [0.05, 0.1) is 34.8 Å². The van der Waals surface area contributed by atoms with Crippen LogP contribution in [0.15, 0.2) is 18.2 Å². The Morgan fingerprint density at radius 1 is 1.50 bits per heavy atom. The largest absolute Gasteiger partial charge is 0.362 e. The number of piperidine rings is 1. The average Bonchev–Trinajstić information content (AvgIpc) is 2.55. The van der Waals surface area contributed by atoms with Crippen LogP contribution in [0.3, 0.4) is 0 Å². The normalized spacial score (nSPS) is 20.4. The fraction of sp³-hybridized carbons (Fsp3) is 0.562. The van der Waals surface area contributed by atoms with Gasteiger partial charge in [-0.25, -0.2) is 0 Å². The lowest BCUT2D eigenvalue weighted by Gasteiger charge is -2.30. The van der Waals surface area contributed by atoms with Crippen LogP contribution < -0.4 is 15.5 Å². The van der Waals surface area contributed by atoms with Crippen molar-refractivity contribution < 1.29 is 9.82 Å². The Hall–Kier alpha value is -1.44. The minimum Gasteiger partial charge on any atom is -0.362 e. The van der Waals surface area contributed by atoms with E-state index >= 15 is 0 Å². The molecule has 8 heteroatoms. The summed E-state index contributed by atoms with van der Waals surface area (Å²) in [6, 6.07) is 4.99. The molecule has 1 aromatic carbocycles. The lowest BCUT2D eigenvalue weighted by atomic mass is 10.0. The van der Waals surface area contributed by atoms with Gasteiger partial charge in [-0.05, 0) is 44.5 Å². The van der Waals surface area contributed by atoms with Gasteiger partial charge in [0, 0.05) is 25.1 Å². The van der Waals surface area contributed by atoms with Crippen LogP contribution in [0.25, 0.3) is 0 Å². The molecule has 2 atom stereocenters. The van der Waals surface area contributed by atoms with Crippen molar-refractivity contribution >= 4 is 40.3 Å². The number of rotatable bonds is 6. The molecule has 0 bridgehead atoms. The van der Waals surface area contributed by atoms with E-state index < -0.39 is 4.92 Å². The van der Waals surface area contributed by atoms with Crippen molar-refractivity contribution in [3.8, 4) is 0 Å². The maximum absolute atomic E-state index is 10.8. The number of nitro benzene ring substituents is 1.